The Morgan fingerprint density at radius 2 is 2.00 bits per heavy atom. The Hall–Kier alpha value is -1.96. The number of piperidine rings is 1. The van der Waals surface area contributed by atoms with Gasteiger partial charge in [-0.05, 0) is 38.4 Å². The minimum atomic E-state index is 0. The Kier molecular flexibility index (Phi) is 7.56. The monoisotopic (exact) mass is 379 g/mol. The molecule has 2 aromatic rings. The summed E-state index contributed by atoms with van der Waals surface area (Å²) in [6, 6.07) is 8.24. The maximum atomic E-state index is 12.4. The zero-order valence-electron chi connectivity index (χ0n) is 15.0. The number of benzene rings is 1. The lowest BCUT2D eigenvalue weighted by Crippen LogP contribution is -2.40. The number of hydrogen-bond donors (Lipinski definition) is 2. The van der Waals surface area contributed by atoms with E-state index in [9.17, 15) is 4.79 Å². The molecule has 0 aliphatic carbocycles. The van der Waals surface area contributed by atoms with Crippen LogP contribution in [0.15, 0.2) is 28.8 Å². The molecule has 0 saturated carbocycles. The molecule has 3 rings (SSSR count). The molecule has 1 saturated heterocycles. The fourth-order valence-electron chi connectivity index (χ4n) is 3.03. The van der Waals surface area contributed by atoms with Crippen LogP contribution >= 0.6 is 12.4 Å². The molecule has 0 spiro atoms. The number of carbonyl (C=O) groups excluding carboxylic acids is 1. The second-order valence-electron chi connectivity index (χ2n) is 6.56. The summed E-state index contributed by atoms with van der Waals surface area (Å²) in [4.78, 5) is 18.8. The number of rotatable bonds is 6. The van der Waals surface area contributed by atoms with Crippen LogP contribution in [0.1, 0.15) is 35.7 Å². The number of likely N-dealkylation sites (tertiary alicyclic amines) is 1. The number of nitrogens with zero attached hydrogens (tertiary/aromatic N) is 3. The van der Waals surface area contributed by atoms with E-state index in [-0.39, 0.29) is 30.8 Å². The van der Waals surface area contributed by atoms with Crippen LogP contribution in [0.4, 0.5) is 0 Å². The Balaban J connectivity index is 0.00000243. The average molecular weight is 380 g/mol. The molecule has 2 heterocycles. The van der Waals surface area contributed by atoms with Gasteiger partial charge >= 0.3 is 0 Å². The van der Waals surface area contributed by atoms with Crippen molar-refractivity contribution in [2.75, 3.05) is 13.1 Å². The number of aromatic nitrogens is 2. The third kappa shape index (κ3) is 5.52. The molecule has 0 unspecified atom stereocenters. The molecule has 1 fully saturated rings. The van der Waals surface area contributed by atoms with E-state index < -0.39 is 0 Å². The van der Waals surface area contributed by atoms with Crippen molar-refractivity contribution in [3.8, 4) is 0 Å². The average Bonchev–Trinajstić information content (AvgIpc) is 3.09. The smallest absolute Gasteiger partial charge is 0.240 e. The molecule has 26 heavy (non-hydrogen) atoms. The first-order valence-electron chi connectivity index (χ1n) is 8.71. The number of hydrogen-bond acceptors (Lipinski definition) is 6. The molecular formula is C18H26ClN5O2. The molecule has 7 nitrogen and oxygen atoms in total. The molecule has 0 radical (unpaired) electrons. The van der Waals surface area contributed by atoms with Crippen LogP contribution in [-0.2, 0) is 24.4 Å². The first-order valence-corrected chi connectivity index (χ1v) is 8.71. The second kappa shape index (κ2) is 9.66. The molecule has 1 aliphatic rings. The van der Waals surface area contributed by atoms with Gasteiger partial charge in [-0.25, -0.2) is 0 Å². The molecule has 8 heteroatoms. The zero-order chi connectivity index (χ0) is 17.6. The van der Waals surface area contributed by atoms with Gasteiger partial charge in [0, 0.05) is 12.5 Å². The predicted octanol–water partition coefficient (Wildman–Crippen LogP) is 1.79. The molecule has 0 atom stereocenters. The van der Waals surface area contributed by atoms with Gasteiger partial charge in [0.05, 0.1) is 13.1 Å². The fourth-order valence-corrected chi connectivity index (χ4v) is 3.03. The third-order valence-corrected chi connectivity index (χ3v) is 4.60. The van der Waals surface area contributed by atoms with Crippen LogP contribution in [0.25, 0.3) is 0 Å². The highest BCUT2D eigenvalue weighted by Gasteiger charge is 2.25. The zero-order valence-corrected chi connectivity index (χ0v) is 15.8. The summed E-state index contributed by atoms with van der Waals surface area (Å²) < 4.78 is 5.02. The summed E-state index contributed by atoms with van der Waals surface area (Å²) in [7, 11) is 0. The molecule has 0 bridgehead atoms. The van der Waals surface area contributed by atoms with Gasteiger partial charge in [0.25, 0.3) is 0 Å². The highest BCUT2D eigenvalue weighted by molar-refractivity contribution is 5.85. The molecule has 1 aromatic heterocycles. The lowest BCUT2D eigenvalue weighted by Gasteiger charge is -2.30. The van der Waals surface area contributed by atoms with E-state index in [4.69, 9.17) is 10.3 Å². The normalized spacial score (nSPS) is 15.5. The molecule has 1 amide bonds. The summed E-state index contributed by atoms with van der Waals surface area (Å²) in [6.45, 7) is 5.26. The fraction of sp³-hybridized carbons (Fsp3) is 0.500. The summed E-state index contributed by atoms with van der Waals surface area (Å²) >= 11 is 0. The molecule has 1 aliphatic heterocycles. The molecule has 142 valence electrons. The van der Waals surface area contributed by atoms with Gasteiger partial charge in [0.2, 0.25) is 11.8 Å². The van der Waals surface area contributed by atoms with Gasteiger partial charge in [0.15, 0.2) is 5.82 Å². The largest absolute Gasteiger partial charge is 0.352 e. The van der Waals surface area contributed by atoms with Crippen molar-refractivity contribution in [3.63, 3.8) is 0 Å². The van der Waals surface area contributed by atoms with Gasteiger partial charge in [-0.3, -0.25) is 9.69 Å². The quantitative estimate of drug-likeness (QED) is 0.794. The Morgan fingerprint density at radius 3 is 2.62 bits per heavy atom. The number of nitrogens with one attached hydrogen (secondary N) is 1. The molecule has 1 aromatic carbocycles. The van der Waals surface area contributed by atoms with Gasteiger partial charge in [-0.1, -0.05) is 35.0 Å². The molecule has 3 N–H and O–H groups in total. The Labute approximate surface area is 159 Å². The van der Waals surface area contributed by atoms with Crippen molar-refractivity contribution in [1.29, 1.82) is 0 Å². The van der Waals surface area contributed by atoms with Crippen molar-refractivity contribution in [1.82, 2.24) is 20.4 Å². The van der Waals surface area contributed by atoms with E-state index in [0.717, 1.165) is 31.5 Å². The van der Waals surface area contributed by atoms with Crippen molar-refractivity contribution in [2.45, 2.75) is 39.4 Å². The maximum Gasteiger partial charge on any atom is 0.240 e. The van der Waals surface area contributed by atoms with Crippen LogP contribution in [0.5, 0.6) is 0 Å². The predicted molar refractivity (Wildman–Crippen MR) is 100 cm³/mol. The van der Waals surface area contributed by atoms with Crippen LogP contribution in [0.3, 0.4) is 0 Å². The highest BCUT2D eigenvalue weighted by atomic mass is 35.5. The minimum Gasteiger partial charge on any atom is -0.352 e. The highest BCUT2D eigenvalue weighted by Crippen LogP contribution is 2.19. The van der Waals surface area contributed by atoms with Crippen molar-refractivity contribution in [3.05, 3.63) is 47.1 Å². The first-order chi connectivity index (χ1) is 12.1. The minimum absolute atomic E-state index is 0. The lowest BCUT2D eigenvalue weighted by molar-refractivity contribution is -0.126. The van der Waals surface area contributed by atoms with E-state index in [0.29, 0.717) is 24.8 Å². The Bertz CT molecular complexity index is 696. The van der Waals surface area contributed by atoms with Crippen LogP contribution in [-0.4, -0.2) is 34.0 Å². The standard InChI is InChI=1S/C18H25N5O2.ClH/c1-13-2-4-14(5-3-13)11-20-18(24)15-6-8-23(9-7-15)12-16-21-17(10-19)25-22-16;/h2-5,15H,6-12,19H2,1H3,(H,20,24);1H. The van der Waals surface area contributed by atoms with Crippen molar-refractivity contribution >= 4 is 18.3 Å². The van der Waals surface area contributed by atoms with E-state index in [1.54, 1.807) is 0 Å². The number of halogens is 1. The van der Waals surface area contributed by atoms with Gasteiger partial charge in [-0.2, -0.15) is 4.98 Å². The van der Waals surface area contributed by atoms with Gasteiger partial charge in [-0.15, -0.1) is 12.4 Å². The summed E-state index contributed by atoms with van der Waals surface area (Å²) in [5.74, 6) is 1.33. The van der Waals surface area contributed by atoms with E-state index in [1.165, 1.54) is 5.56 Å². The van der Waals surface area contributed by atoms with Gasteiger partial charge < -0.3 is 15.6 Å². The number of carbonyl (C=O) groups is 1. The van der Waals surface area contributed by atoms with Gasteiger partial charge in [0.1, 0.15) is 0 Å². The second-order valence-corrected chi connectivity index (χ2v) is 6.56. The third-order valence-electron chi connectivity index (χ3n) is 4.60. The first kappa shape index (κ1) is 20.4. The number of aryl methyl sites for hydroxylation is 1. The van der Waals surface area contributed by atoms with Crippen LogP contribution in [0.2, 0.25) is 0 Å². The van der Waals surface area contributed by atoms with E-state index in [1.807, 2.05) is 0 Å². The van der Waals surface area contributed by atoms with E-state index in [2.05, 4.69) is 51.5 Å². The molecular weight excluding hydrogens is 354 g/mol. The van der Waals surface area contributed by atoms with Crippen molar-refractivity contribution < 1.29 is 9.32 Å². The summed E-state index contributed by atoms with van der Waals surface area (Å²) in [6.07, 6.45) is 1.70. The van der Waals surface area contributed by atoms with Crippen LogP contribution < -0.4 is 11.1 Å². The van der Waals surface area contributed by atoms with E-state index >= 15 is 0 Å². The Morgan fingerprint density at radius 1 is 1.31 bits per heavy atom. The van der Waals surface area contributed by atoms with Crippen molar-refractivity contribution in [2.24, 2.45) is 11.7 Å². The SMILES string of the molecule is Cc1ccc(CNC(=O)C2CCN(Cc3noc(CN)n3)CC2)cc1.Cl. The topological polar surface area (TPSA) is 97.3 Å². The number of amides is 1. The summed E-state index contributed by atoms with van der Waals surface area (Å²) in [5.41, 5.74) is 7.82. The summed E-state index contributed by atoms with van der Waals surface area (Å²) in [5, 5.41) is 6.97. The maximum absolute atomic E-state index is 12.4. The van der Waals surface area contributed by atoms with Crippen LogP contribution in [0, 0.1) is 12.8 Å². The lowest BCUT2D eigenvalue weighted by atomic mass is 9.96. The number of nitrogens with two attached hydrogens (primary N) is 1.